The van der Waals surface area contributed by atoms with Gasteiger partial charge in [-0.3, -0.25) is 0 Å². The molecule has 0 bridgehead atoms. The molecule has 0 saturated heterocycles. The first kappa shape index (κ1) is 14.1. The first-order chi connectivity index (χ1) is 9.62. The van der Waals surface area contributed by atoms with Crippen molar-refractivity contribution in [2.24, 2.45) is 0 Å². The Labute approximate surface area is 119 Å². The molecule has 1 N–H and O–H groups in total. The van der Waals surface area contributed by atoms with E-state index < -0.39 is 5.97 Å². The third-order valence-corrected chi connectivity index (χ3v) is 3.08. The van der Waals surface area contributed by atoms with Crippen LogP contribution in [0.4, 0.5) is 0 Å². The fourth-order valence-electron chi connectivity index (χ4n) is 1.35. The molecule has 20 heavy (non-hydrogen) atoms. The third-order valence-electron chi connectivity index (χ3n) is 2.23. The predicted molar refractivity (Wildman–Crippen MR) is 70.5 cm³/mol. The molecule has 1 aromatic carbocycles. The number of aromatic carboxylic acids is 1. The Hall–Kier alpha value is -2.35. The van der Waals surface area contributed by atoms with Gasteiger partial charge < -0.3 is 14.6 Å². The zero-order chi connectivity index (χ0) is 14.5. The molecule has 0 spiro atoms. The summed E-state index contributed by atoms with van der Waals surface area (Å²) in [5.74, 6) is -0.988. The molecule has 2 aromatic rings. The smallest absolute Gasteiger partial charge is 0.335 e. The number of aromatic nitrogens is 3. The molecule has 0 atom stereocenters. The van der Waals surface area contributed by atoms with Crippen LogP contribution in [0.2, 0.25) is 0 Å². The van der Waals surface area contributed by atoms with Gasteiger partial charge in [0.1, 0.15) is 0 Å². The SMILES string of the molecule is COc1nc(OC)nc(Sc2cccc(C(=O)O)c2)n1. The standard InChI is InChI=1S/C12H11N3O4S/c1-18-10-13-11(19-2)15-12(14-10)20-8-5-3-4-7(6-8)9(16)17/h3-6H,1-2H3,(H,16,17). The van der Waals surface area contributed by atoms with Crippen LogP contribution in [0.1, 0.15) is 10.4 Å². The highest BCUT2D eigenvalue weighted by molar-refractivity contribution is 7.99. The maximum atomic E-state index is 10.9. The molecule has 0 radical (unpaired) electrons. The molecule has 2 rings (SSSR count). The highest BCUT2D eigenvalue weighted by atomic mass is 32.2. The second-order valence-electron chi connectivity index (χ2n) is 3.53. The Balaban J connectivity index is 2.29. The maximum absolute atomic E-state index is 10.9. The first-order valence-electron chi connectivity index (χ1n) is 5.47. The lowest BCUT2D eigenvalue weighted by atomic mass is 10.2. The molecule has 0 aliphatic heterocycles. The van der Waals surface area contributed by atoms with Gasteiger partial charge in [0.15, 0.2) is 0 Å². The Morgan fingerprint density at radius 1 is 1.15 bits per heavy atom. The van der Waals surface area contributed by atoms with E-state index in [1.165, 1.54) is 38.1 Å². The summed E-state index contributed by atoms with van der Waals surface area (Å²) in [7, 11) is 2.88. The van der Waals surface area contributed by atoms with Crippen LogP contribution in [-0.2, 0) is 0 Å². The van der Waals surface area contributed by atoms with E-state index in [9.17, 15) is 4.79 Å². The van der Waals surface area contributed by atoms with Crippen molar-refractivity contribution in [3.05, 3.63) is 29.8 Å². The van der Waals surface area contributed by atoms with E-state index in [4.69, 9.17) is 14.6 Å². The molecule has 104 valence electrons. The van der Waals surface area contributed by atoms with Crippen molar-refractivity contribution in [3.63, 3.8) is 0 Å². The van der Waals surface area contributed by atoms with Gasteiger partial charge in [0.25, 0.3) is 0 Å². The summed E-state index contributed by atoms with van der Waals surface area (Å²) in [5, 5.41) is 9.31. The average Bonchev–Trinajstić information content (AvgIpc) is 2.47. The summed E-state index contributed by atoms with van der Waals surface area (Å²) >= 11 is 1.19. The summed E-state index contributed by atoms with van der Waals surface area (Å²) in [5.41, 5.74) is 0.197. The Morgan fingerprint density at radius 3 is 2.35 bits per heavy atom. The summed E-state index contributed by atoms with van der Waals surface area (Å²) in [6.07, 6.45) is 0. The van der Waals surface area contributed by atoms with Gasteiger partial charge >= 0.3 is 18.0 Å². The van der Waals surface area contributed by atoms with Gasteiger partial charge in [-0.25, -0.2) is 4.79 Å². The minimum Gasteiger partial charge on any atom is -0.478 e. The summed E-state index contributed by atoms with van der Waals surface area (Å²) in [6, 6.07) is 6.74. The predicted octanol–water partition coefficient (Wildman–Crippen LogP) is 1.74. The number of benzene rings is 1. The maximum Gasteiger partial charge on any atom is 0.335 e. The molecule has 0 aliphatic rings. The number of carboxylic acids is 1. The highest BCUT2D eigenvalue weighted by Crippen LogP contribution is 2.27. The number of methoxy groups -OCH3 is 2. The number of carbonyl (C=O) groups is 1. The van der Waals surface area contributed by atoms with Crippen molar-refractivity contribution in [3.8, 4) is 12.0 Å². The van der Waals surface area contributed by atoms with Crippen LogP contribution in [0.5, 0.6) is 12.0 Å². The summed E-state index contributed by atoms with van der Waals surface area (Å²) in [4.78, 5) is 23.6. The molecule has 0 fully saturated rings. The van der Waals surface area contributed by atoms with E-state index in [1.54, 1.807) is 12.1 Å². The van der Waals surface area contributed by atoms with Crippen molar-refractivity contribution in [2.45, 2.75) is 10.1 Å². The van der Waals surface area contributed by atoms with Crippen LogP contribution in [0.25, 0.3) is 0 Å². The van der Waals surface area contributed by atoms with Crippen molar-refractivity contribution in [1.82, 2.24) is 15.0 Å². The molecule has 1 heterocycles. The molecule has 0 unspecified atom stereocenters. The van der Waals surface area contributed by atoms with Crippen LogP contribution < -0.4 is 9.47 Å². The number of carboxylic acid groups (broad SMARTS) is 1. The van der Waals surface area contributed by atoms with Crippen LogP contribution in [0.3, 0.4) is 0 Å². The van der Waals surface area contributed by atoms with Gasteiger partial charge in [-0.1, -0.05) is 6.07 Å². The molecule has 0 aliphatic carbocycles. The van der Waals surface area contributed by atoms with Gasteiger partial charge in [0.05, 0.1) is 19.8 Å². The molecule has 7 nitrogen and oxygen atoms in total. The second-order valence-corrected chi connectivity index (χ2v) is 4.57. The molecular formula is C12H11N3O4S. The molecular weight excluding hydrogens is 282 g/mol. The molecule has 0 amide bonds. The molecule has 1 aromatic heterocycles. The van der Waals surface area contributed by atoms with E-state index >= 15 is 0 Å². The van der Waals surface area contributed by atoms with Gasteiger partial charge in [-0.2, -0.15) is 9.97 Å². The van der Waals surface area contributed by atoms with Crippen LogP contribution in [0.15, 0.2) is 34.3 Å². The van der Waals surface area contributed by atoms with Crippen molar-refractivity contribution >= 4 is 17.7 Å². The fourth-order valence-corrected chi connectivity index (χ4v) is 2.14. The van der Waals surface area contributed by atoms with E-state index in [-0.39, 0.29) is 17.6 Å². The van der Waals surface area contributed by atoms with Gasteiger partial charge in [-0.15, -0.1) is 4.98 Å². The Morgan fingerprint density at radius 2 is 1.80 bits per heavy atom. The van der Waals surface area contributed by atoms with Crippen LogP contribution >= 0.6 is 11.8 Å². The van der Waals surface area contributed by atoms with Crippen LogP contribution in [0, 0.1) is 0 Å². The van der Waals surface area contributed by atoms with E-state index in [1.807, 2.05) is 0 Å². The highest BCUT2D eigenvalue weighted by Gasteiger charge is 2.10. The van der Waals surface area contributed by atoms with Crippen molar-refractivity contribution < 1.29 is 19.4 Å². The topological polar surface area (TPSA) is 94.4 Å². The van der Waals surface area contributed by atoms with Gasteiger partial charge in [0.2, 0.25) is 5.16 Å². The monoisotopic (exact) mass is 293 g/mol. The Bertz CT molecular complexity index is 614. The number of hydrogen-bond acceptors (Lipinski definition) is 7. The first-order valence-corrected chi connectivity index (χ1v) is 6.29. The number of ether oxygens (including phenoxy) is 2. The van der Waals surface area contributed by atoms with E-state index in [0.29, 0.717) is 10.1 Å². The second kappa shape index (κ2) is 6.20. The minimum atomic E-state index is -0.988. The lowest BCUT2D eigenvalue weighted by molar-refractivity contribution is 0.0696. The number of rotatable bonds is 5. The number of nitrogens with zero attached hydrogens (tertiary/aromatic N) is 3. The fraction of sp³-hybridized carbons (Fsp3) is 0.167. The quantitative estimate of drug-likeness (QED) is 0.890. The largest absolute Gasteiger partial charge is 0.478 e. The zero-order valence-corrected chi connectivity index (χ0v) is 11.5. The lowest BCUT2D eigenvalue weighted by Crippen LogP contribution is -2.00. The molecule has 8 heteroatoms. The summed E-state index contributed by atoms with van der Waals surface area (Å²) < 4.78 is 9.89. The van der Waals surface area contributed by atoms with Crippen molar-refractivity contribution in [2.75, 3.05) is 14.2 Å². The molecule has 0 saturated carbocycles. The normalized spacial score (nSPS) is 10.1. The number of hydrogen-bond donors (Lipinski definition) is 1. The minimum absolute atomic E-state index is 0.133. The lowest BCUT2D eigenvalue weighted by Gasteiger charge is -2.05. The zero-order valence-electron chi connectivity index (χ0n) is 10.7. The van der Waals surface area contributed by atoms with Crippen molar-refractivity contribution in [1.29, 1.82) is 0 Å². The average molecular weight is 293 g/mol. The van der Waals surface area contributed by atoms with Gasteiger partial charge in [-0.05, 0) is 30.0 Å². The van der Waals surface area contributed by atoms with E-state index in [2.05, 4.69) is 15.0 Å². The summed E-state index contributed by atoms with van der Waals surface area (Å²) in [6.45, 7) is 0. The van der Waals surface area contributed by atoms with E-state index in [0.717, 1.165) is 0 Å². The van der Waals surface area contributed by atoms with Gasteiger partial charge in [0, 0.05) is 4.90 Å². The Kier molecular flexibility index (Phi) is 4.36. The third kappa shape index (κ3) is 3.35. The van der Waals surface area contributed by atoms with Crippen LogP contribution in [-0.4, -0.2) is 40.2 Å².